The molecule has 0 aliphatic carbocycles. The first-order valence-corrected chi connectivity index (χ1v) is 6.89. The highest BCUT2D eigenvalue weighted by atomic mass is 16.4. The van der Waals surface area contributed by atoms with Crippen LogP contribution in [-0.2, 0) is 16.0 Å². The number of nitrogens with one attached hydrogen (secondary N) is 1. The van der Waals surface area contributed by atoms with Crippen LogP contribution in [0.3, 0.4) is 0 Å². The molecule has 4 heteroatoms. The zero-order chi connectivity index (χ0) is 15.3. The minimum absolute atomic E-state index is 0.225. The first-order chi connectivity index (χ1) is 9.28. The van der Waals surface area contributed by atoms with Crippen LogP contribution in [0.5, 0.6) is 0 Å². The maximum atomic E-state index is 11.9. The summed E-state index contributed by atoms with van der Waals surface area (Å²) in [5.74, 6) is -1.23. The van der Waals surface area contributed by atoms with E-state index in [0.29, 0.717) is 19.3 Å². The molecule has 1 unspecified atom stereocenters. The number of rotatable bonds is 6. The number of benzene rings is 1. The third-order valence-corrected chi connectivity index (χ3v) is 3.71. The molecule has 20 heavy (non-hydrogen) atoms. The Bertz CT molecular complexity index is 510. The van der Waals surface area contributed by atoms with Crippen molar-refractivity contribution in [2.45, 2.75) is 52.5 Å². The highest BCUT2D eigenvalue weighted by molar-refractivity contribution is 5.86. The first-order valence-electron chi connectivity index (χ1n) is 6.89. The summed E-state index contributed by atoms with van der Waals surface area (Å²) in [4.78, 5) is 23.0. The van der Waals surface area contributed by atoms with Crippen LogP contribution in [0, 0.1) is 13.8 Å². The van der Waals surface area contributed by atoms with Crippen molar-refractivity contribution in [1.29, 1.82) is 0 Å². The van der Waals surface area contributed by atoms with Gasteiger partial charge in [-0.3, -0.25) is 4.79 Å². The van der Waals surface area contributed by atoms with Crippen molar-refractivity contribution in [1.82, 2.24) is 5.32 Å². The number of aliphatic carboxylic acids is 1. The molecule has 0 saturated heterocycles. The van der Waals surface area contributed by atoms with Crippen molar-refractivity contribution in [2.75, 3.05) is 0 Å². The molecule has 0 aromatic heterocycles. The predicted octanol–water partition coefficient (Wildman–Crippen LogP) is 2.61. The Morgan fingerprint density at radius 1 is 1.30 bits per heavy atom. The van der Waals surface area contributed by atoms with Gasteiger partial charge < -0.3 is 10.4 Å². The van der Waals surface area contributed by atoms with Crippen molar-refractivity contribution in [3.8, 4) is 0 Å². The molecule has 1 atom stereocenters. The predicted molar refractivity (Wildman–Crippen MR) is 78.7 cm³/mol. The van der Waals surface area contributed by atoms with Gasteiger partial charge in [0, 0.05) is 6.42 Å². The van der Waals surface area contributed by atoms with Crippen LogP contribution in [0.2, 0.25) is 0 Å². The van der Waals surface area contributed by atoms with Gasteiger partial charge in [0.1, 0.15) is 5.54 Å². The molecule has 0 radical (unpaired) electrons. The fourth-order valence-electron chi connectivity index (χ4n) is 2.04. The standard InChI is InChI=1S/C16H23NO3/c1-5-16(4,15(19)20)17-14(18)9-8-13-7-6-11(2)10-12(13)3/h6-7,10H,5,8-9H2,1-4H3,(H,17,18)(H,19,20). The molecule has 1 amide bonds. The Balaban J connectivity index is 2.62. The molecule has 2 N–H and O–H groups in total. The number of aryl methyl sites for hydroxylation is 3. The number of hydrogen-bond acceptors (Lipinski definition) is 2. The van der Waals surface area contributed by atoms with Crippen LogP contribution < -0.4 is 5.32 Å². The Hall–Kier alpha value is -1.84. The maximum Gasteiger partial charge on any atom is 0.329 e. The number of carbonyl (C=O) groups excluding carboxylic acids is 1. The van der Waals surface area contributed by atoms with E-state index in [1.54, 1.807) is 6.92 Å². The van der Waals surface area contributed by atoms with Gasteiger partial charge >= 0.3 is 5.97 Å². The molecular formula is C16H23NO3. The molecule has 0 spiro atoms. The van der Waals surface area contributed by atoms with Gasteiger partial charge in [-0.05, 0) is 44.7 Å². The van der Waals surface area contributed by atoms with Gasteiger partial charge in [0.05, 0.1) is 0 Å². The minimum atomic E-state index is -1.18. The summed E-state index contributed by atoms with van der Waals surface area (Å²) >= 11 is 0. The molecule has 0 aliphatic heterocycles. The van der Waals surface area contributed by atoms with Crippen LogP contribution in [-0.4, -0.2) is 22.5 Å². The molecule has 0 bridgehead atoms. The molecule has 110 valence electrons. The van der Waals surface area contributed by atoms with Gasteiger partial charge in [-0.15, -0.1) is 0 Å². The molecule has 0 heterocycles. The maximum absolute atomic E-state index is 11.9. The minimum Gasteiger partial charge on any atom is -0.480 e. The molecule has 1 rings (SSSR count). The van der Waals surface area contributed by atoms with E-state index in [2.05, 4.69) is 11.4 Å². The van der Waals surface area contributed by atoms with E-state index in [-0.39, 0.29) is 5.91 Å². The van der Waals surface area contributed by atoms with Crippen LogP contribution in [0.1, 0.15) is 43.4 Å². The molecule has 0 saturated carbocycles. The summed E-state index contributed by atoms with van der Waals surface area (Å²) in [6.07, 6.45) is 1.28. The largest absolute Gasteiger partial charge is 0.480 e. The van der Waals surface area contributed by atoms with Crippen molar-refractivity contribution < 1.29 is 14.7 Å². The molecule has 4 nitrogen and oxygen atoms in total. The van der Waals surface area contributed by atoms with E-state index >= 15 is 0 Å². The quantitative estimate of drug-likeness (QED) is 0.840. The van der Waals surface area contributed by atoms with Crippen LogP contribution in [0.15, 0.2) is 18.2 Å². The van der Waals surface area contributed by atoms with E-state index in [0.717, 1.165) is 11.1 Å². The molecule has 0 aliphatic rings. The Labute approximate surface area is 120 Å². The van der Waals surface area contributed by atoms with E-state index in [1.165, 1.54) is 12.5 Å². The average Bonchev–Trinajstić information content (AvgIpc) is 2.37. The second-order valence-corrected chi connectivity index (χ2v) is 5.47. The third kappa shape index (κ3) is 4.08. The van der Waals surface area contributed by atoms with Crippen molar-refractivity contribution in [3.05, 3.63) is 34.9 Å². The van der Waals surface area contributed by atoms with E-state index in [1.807, 2.05) is 26.0 Å². The molecule has 0 fully saturated rings. The number of carbonyl (C=O) groups is 2. The fraction of sp³-hybridized carbons (Fsp3) is 0.500. The summed E-state index contributed by atoms with van der Waals surface area (Å²) in [5, 5.41) is 11.7. The highest BCUT2D eigenvalue weighted by Crippen LogP contribution is 2.14. The highest BCUT2D eigenvalue weighted by Gasteiger charge is 2.32. The van der Waals surface area contributed by atoms with Gasteiger partial charge in [-0.2, -0.15) is 0 Å². The topological polar surface area (TPSA) is 66.4 Å². The van der Waals surface area contributed by atoms with Crippen LogP contribution >= 0.6 is 0 Å². The zero-order valence-electron chi connectivity index (χ0n) is 12.6. The summed E-state index contributed by atoms with van der Waals surface area (Å²) in [6.45, 7) is 7.33. The number of hydrogen-bond donors (Lipinski definition) is 2. The lowest BCUT2D eigenvalue weighted by Crippen LogP contribution is -2.51. The van der Waals surface area contributed by atoms with Crippen LogP contribution in [0.4, 0.5) is 0 Å². The SMILES string of the molecule is CCC(C)(NC(=O)CCc1ccc(C)cc1C)C(=O)O. The lowest BCUT2D eigenvalue weighted by Gasteiger charge is -2.24. The van der Waals surface area contributed by atoms with E-state index in [4.69, 9.17) is 5.11 Å². The molecular weight excluding hydrogens is 254 g/mol. The van der Waals surface area contributed by atoms with Gasteiger partial charge in [-0.1, -0.05) is 30.7 Å². The van der Waals surface area contributed by atoms with Gasteiger partial charge in [0.2, 0.25) is 5.91 Å². The normalized spacial score (nSPS) is 13.6. The van der Waals surface area contributed by atoms with E-state index in [9.17, 15) is 9.59 Å². The zero-order valence-corrected chi connectivity index (χ0v) is 12.6. The van der Waals surface area contributed by atoms with Gasteiger partial charge in [0.15, 0.2) is 0 Å². The van der Waals surface area contributed by atoms with Gasteiger partial charge in [-0.25, -0.2) is 4.79 Å². The van der Waals surface area contributed by atoms with Crippen molar-refractivity contribution in [3.63, 3.8) is 0 Å². The first kappa shape index (κ1) is 16.2. The Morgan fingerprint density at radius 2 is 1.95 bits per heavy atom. The average molecular weight is 277 g/mol. The smallest absolute Gasteiger partial charge is 0.329 e. The summed E-state index contributed by atoms with van der Waals surface area (Å²) < 4.78 is 0. The second kappa shape index (κ2) is 6.55. The monoisotopic (exact) mass is 277 g/mol. The number of amides is 1. The van der Waals surface area contributed by atoms with E-state index < -0.39 is 11.5 Å². The fourth-order valence-corrected chi connectivity index (χ4v) is 2.04. The molecule has 1 aromatic rings. The van der Waals surface area contributed by atoms with Crippen molar-refractivity contribution >= 4 is 11.9 Å². The number of carboxylic acid groups (broad SMARTS) is 1. The molecule has 1 aromatic carbocycles. The van der Waals surface area contributed by atoms with Crippen molar-refractivity contribution in [2.24, 2.45) is 0 Å². The lowest BCUT2D eigenvalue weighted by atomic mass is 9.98. The summed E-state index contributed by atoms with van der Waals surface area (Å²) in [7, 11) is 0. The Kier molecular flexibility index (Phi) is 5.31. The lowest BCUT2D eigenvalue weighted by molar-refractivity contribution is -0.147. The third-order valence-electron chi connectivity index (χ3n) is 3.71. The number of carboxylic acids is 1. The summed E-state index contributed by atoms with van der Waals surface area (Å²) in [5.41, 5.74) is 2.30. The van der Waals surface area contributed by atoms with Gasteiger partial charge in [0.25, 0.3) is 0 Å². The second-order valence-electron chi connectivity index (χ2n) is 5.47. The Morgan fingerprint density at radius 3 is 2.45 bits per heavy atom. The summed E-state index contributed by atoms with van der Waals surface area (Å²) in [6, 6.07) is 6.13. The van der Waals surface area contributed by atoms with Crippen LogP contribution in [0.25, 0.3) is 0 Å².